The lowest BCUT2D eigenvalue weighted by Gasteiger charge is -2.33. The molecular formula is C16H26N2O3S. The van der Waals surface area contributed by atoms with Crippen LogP contribution in [0.3, 0.4) is 0 Å². The lowest BCUT2D eigenvalue weighted by Crippen LogP contribution is -2.49. The molecule has 0 amide bonds. The van der Waals surface area contributed by atoms with Crippen molar-refractivity contribution in [2.24, 2.45) is 0 Å². The highest BCUT2D eigenvalue weighted by atomic mass is 32.2. The fraction of sp³-hybridized carbons (Fsp3) is 0.625. The minimum absolute atomic E-state index is 0.391. The number of benzene rings is 1. The van der Waals surface area contributed by atoms with E-state index < -0.39 is 10.0 Å². The van der Waals surface area contributed by atoms with E-state index in [1.165, 1.54) is 0 Å². The van der Waals surface area contributed by atoms with E-state index in [2.05, 4.69) is 18.7 Å². The SMILES string of the molecule is COCCN1CCN(S(=O)(=O)c2ccc(C(C)C)cc2)CC1. The van der Waals surface area contributed by atoms with Gasteiger partial charge in [0.2, 0.25) is 10.0 Å². The predicted octanol–water partition coefficient (Wildman–Crippen LogP) is 1.76. The Kier molecular flexibility index (Phi) is 5.97. The molecule has 5 nitrogen and oxygen atoms in total. The lowest BCUT2D eigenvalue weighted by molar-refractivity contribution is 0.123. The number of hydrogen-bond donors (Lipinski definition) is 0. The Balaban J connectivity index is 2.02. The lowest BCUT2D eigenvalue weighted by atomic mass is 10.0. The Morgan fingerprint density at radius 2 is 1.68 bits per heavy atom. The van der Waals surface area contributed by atoms with E-state index in [-0.39, 0.29) is 0 Å². The maximum Gasteiger partial charge on any atom is 0.243 e. The Morgan fingerprint density at radius 3 is 2.18 bits per heavy atom. The van der Waals surface area contributed by atoms with Crippen molar-refractivity contribution in [3.05, 3.63) is 29.8 Å². The molecule has 1 fully saturated rings. The molecule has 1 aromatic rings. The van der Waals surface area contributed by atoms with E-state index in [1.54, 1.807) is 23.5 Å². The van der Waals surface area contributed by atoms with Crippen molar-refractivity contribution >= 4 is 10.0 Å². The van der Waals surface area contributed by atoms with E-state index >= 15 is 0 Å². The molecule has 1 aliphatic rings. The van der Waals surface area contributed by atoms with Crippen molar-refractivity contribution in [2.75, 3.05) is 46.4 Å². The molecule has 0 aliphatic carbocycles. The Hall–Kier alpha value is -0.950. The Labute approximate surface area is 133 Å². The molecule has 0 radical (unpaired) electrons. The molecule has 2 rings (SSSR count). The summed E-state index contributed by atoms with van der Waals surface area (Å²) < 4.78 is 32.0. The third-order valence-corrected chi connectivity index (χ3v) is 6.04. The molecule has 0 atom stereocenters. The monoisotopic (exact) mass is 326 g/mol. The van der Waals surface area contributed by atoms with Crippen LogP contribution < -0.4 is 0 Å². The van der Waals surface area contributed by atoms with Gasteiger partial charge in [0.05, 0.1) is 11.5 Å². The van der Waals surface area contributed by atoms with Gasteiger partial charge >= 0.3 is 0 Å². The molecule has 1 saturated heterocycles. The molecule has 124 valence electrons. The summed E-state index contributed by atoms with van der Waals surface area (Å²) in [6.07, 6.45) is 0. The van der Waals surface area contributed by atoms with Gasteiger partial charge in [0.15, 0.2) is 0 Å². The summed E-state index contributed by atoms with van der Waals surface area (Å²) in [6, 6.07) is 7.27. The first kappa shape index (κ1) is 17.4. The van der Waals surface area contributed by atoms with Gasteiger partial charge in [0.1, 0.15) is 0 Å². The van der Waals surface area contributed by atoms with Crippen LogP contribution in [0.5, 0.6) is 0 Å². The van der Waals surface area contributed by atoms with Crippen LogP contribution in [0.2, 0.25) is 0 Å². The standard InChI is InChI=1S/C16H26N2O3S/c1-14(2)15-4-6-16(7-5-15)22(19,20)18-10-8-17(9-11-18)12-13-21-3/h4-7,14H,8-13H2,1-3H3. The van der Waals surface area contributed by atoms with Crippen LogP contribution in [0.1, 0.15) is 25.3 Å². The smallest absolute Gasteiger partial charge is 0.243 e. The number of rotatable bonds is 6. The van der Waals surface area contributed by atoms with Gasteiger partial charge in [-0.25, -0.2) is 8.42 Å². The third kappa shape index (κ3) is 4.07. The summed E-state index contributed by atoms with van der Waals surface area (Å²) in [6.45, 7) is 8.33. The van der Waals surface area contributed by atoms with Crippen LogP contribution in [-0.2, 0) is 14.8 Å². The van der Waals surface area contributed by atoms with Gasteiger partial charge in [-0.15, -0.1) is 0 Å². The molecule has 6 heteroatoms. The molecule has 0 unspecified atom stereocenters. The quantitative estimate of drug-likeness (QED) is 0.799. The Morgan fingerprint density at radius 1 is 1.09 bits per heavy atom. The average molecular weight is 326 g/mol. The molecule has 22 heavy (non-hydrogen) atoms. The molecule has 0 spiro atoms. The number of nitrogens with zero attached hydrogens (tertiary/aromatic N) is 2. The molecule has 1 aliphatic heterocycles. The molecule has 0 N–H and O–H groups in total. The van der Waals surface area contributed by atoms with Gasteiger partial charge in [0, 0.05) is 39.8 Å². The fourth-order valence-corrected chi connectivity index (χ4v) is 4.01. The maximum atomic E-state index is 12.7. The van der Waals surface area contributed by atoms with Gasteiger partial charge in [-0.2, -0.15) is 4.31 Å². The van der Waals surface area contributed by atoms with E-state index in [0.29, 0.717) is 30.5 Å². The highest BCUT2D eigenvalue weighted by molar-refractivity contribution is 7.89. The second-order valence-corrected chi connectivity index (χ2v) is 7.90. The first-order valence-corrected chi connectivity index (χ1v) is 9.20. The summed E-state index contributed by atoms with van der Waals surface area (Å²) in [5.41, 5.74) is 1.16. The van der Waals surface area contributed by atoms with E-state index in [4.69, 9.17) is 4.74 Å². The molecule has 0 saturated carbocycles. The molecule has 0 aromatic heterocycles. The van der Waals surface area contributed by atoms with E-state index in [9.17, 15) is 8.42 Å². The van der Waals surface area contributed by atoms with Crippen molar-refractivity contribution in [1.29, 1.82) is 0 Å². The number of piperazine rings is 1. The zero-order chi connectivity index (χ0) is 16.2. The highest BCUT2D eigenvalue weighted by Crippen LogP contribution is 2.21. The minimum atomic E-state index is -3.37. The second kappa shape index (κ2) is 7.55. The molecule has 0 bridgehead atoms. The third-order valence-electron chi connectivity index (χ3n) is 4.13. The van der Waals surface area contributed by atoms with E-state index in [0.717, 1.165) is 25.2 Å². The van der Waals surface area contributed by atoms with Crippen LogP contribution in [-0.4, -0.2) is 64.1 Å². The molecular weight excluding hydrogens is 300 g/mol. The Bertz CT molecular complexity index is 562. The van der Waals surface area contributed by atoms with Crippen LogP contribution in [0.15, 0.2) is 29.2 Å². The first-order chi connectivity index (χ1) is 10.4. The summed E-state index contributed by atoms with van der Waals surface area (Å²) in [5.74, 6) is 0.404. The van der Waals surface area contributed by atoms with E-state index in [1.807, 2.05) is 12.1 Å². The highest BCUT2D eigenvalue weighted by Gasteiger charge is 2.28. The van der Waals surface area contributed by atoms with Crippen molar-refractivity contribution in [2.45, 2.75) is 24.7 Å². The number of ether oxygens (including phenoxy) is 1. The summed E-state index contributed by atoms with van der Waals surface area (Å²) >= 11 is 0. The number of sulfonamides is 1. The van der Waals surface area contributed by atoms with Gasteiger partial charge in [-0.3, -0.25) is 4.90 Å². The van der Waals surface area contributed by atoms with Gasteiger partial charge in [-0.05, 0) is 23.6 Å². The van der Waals surface area contributed by atoms with Crippen LogP contribution in [0, 0.1) is 0 Å². The van der Waals surface area contributed by atoms with Gasteiger partial charge in [-0.1, -0.05) is 26.0 Å². The van der Waals surface area contributed by atoms with Crippen molar-refractivity contribution in [3.8, 4) is 0 Å². The second-order valence-electron chi connectivity index (χ2n) is 5.96. The maximum absolute atomic E-state index is 12.7. The largest absolute Gasteiger partial charge is 0.383 e. The fourth-order valence-electron chi connectivity index (χ4n) is 2.59. The van der Waals surface area contributed by atoms with Gasteiger partial charge in [0.25, 0.3) is 0 Å². The van der Waals surface area contributed by atoms with Crippen molar-refractivity contribution < 1.29 is 13.2 Å². The van der Waals surface area contributed by atoms with Crippen molar-refractivity contribution in [3.63, 3.8) is 0 Å². The van der Waals surface area contributed by atoms with Crippen LogP contribution in [0.4, 0.5) is 0 Å². The summed E-state index contributed by atoms with van der Waals surface area (Å²) in [4.78, 5) is 2.62. The van der Waals surface area contributed by atoms with Crippen molar-refractivity contribution in [1.82, 2.24) is 9.21 Å². The minimum Gasteiger partial charge on any atom is -0.383 e. The average Bonchev–Trinajstić information content (AvgIpc) is 2.53. The number of methoxy groups -OCH3 is 1. The summed E-state index contributed by atoms with van der Waals surface area (Å²) in [7, 11) is -1.69. The summed E-state index contributed by atoms with van der Waals surface area (Å²) in [5, 5.41) is 0. The first-order valence-electron chi connectivity index (χ1n) is 7.76. The zero-order valence-electron chi connectivity index (χ0n) is 13.7. The number of hydrogen-bond acceptors (Lipinski definition) is 4. The zero-order valence-corrected chi connectivity index (χ0v) is 14.5. The molecule has 1 heterocycles. The van der Waals surface area contributed by atoms with Crippen LogP contribution >= 0.6 is 0 Å². The molecule has 1 aromatic carbocycles. The predicted molar refractivity (Wildman–Crippen MR) is 87.6 cm³/mol. The normalized spacial score (nSPS) is 18.0. The van der Waals surface area contributed by atoms with Crippen LogP contribution in [0.25, 0.3) is 0 Å². The topological polar surface area (TPSA) is 49.9 Å². The van der Waals surface area contributed by atoms with Gasteiger partial charge < -0.3 is 4.74 Å².